The molecule has 1 fully saturated rings. The van der Waals surface area contributed by atoms with Crippen LogP contribution in [0.4, 0.5) is 0 Å². The van der Waals surface area contributed by atoms with Crippen LogP contribution >= 0.6 is 23.2 Å². The maximum Gasteiger partial charge on any atom is 0.119 e. The zero-order chi connectivity index (χ0) is 21.5. The lowest BCUT2D eigenvalue weighted by Crippen LogP contribution is -2.43. The van der Waals surface area contributed by atoms with Gasteiger partial charge in [0.1, 0.15) is 18.5 Å². The highest BCUT2D eigenvalue weighted by molar-refractivity contribution is 6.42. The predicted molar refractivity (Wildman–Crippen MR) is 123 cm³/mol. The molecule has 6 heteroatoms. The number of piperidine rings is 1. The van der Waals surface area contributed by atoms with E-state index in [1.54, 1.807) is 24.3 Å². The van der Waals surface area contributed by atoms with Crippen LogP contribution in [0.1, 0.15) is 37.3 Å². The molecule has 4 nitrogen and oxygen atoms in total. The largest absolute Gasteiger partial charge is 0.491 e. The molecule has 0 amide bonds. The molecular formula is C24H26Cl2N2O2. The Kier molecular flexibility index (Phi) is 8.18. The Morgan fingerprint density at radius 2 is 2.00 bits per heavy atom. The monoisotopic (exact) mass is 444 g/mol. The molecule has 158 valence electrons. The Balaban J connectivity index is 1.58. The average Bonchev–Trinajstić information content (AvgIpc) is 2.75. The molecule has 0 radical (unpaired) electrons. The maximum absolute atomic E-state index is 10.3. The van der Waals surface area contributed by atoms with E-state index in [-0.39, 0.29) is 6.61 Å². The van der Waals surface area contributed by atoms with E-state index >= 15 is 0 Å². The Bertz CT molecular complexity index is 922. The van der Waals surface area contributed by atoms with Crippen LogP contribution < -0.4 is 4.74 Å². The van der Waals surface area contributed by atoms with Crippen molar-refractivity contribution in [1.29, 1.82) is 5.26 Å². The highest BCUT2D eigenvalue weighted by atomic mass is 35.5. The van der Waals surface area contributed by atoms with Gasteiger partial charge in [0, 0.05) is 12.6 Å². The van der Waals surface area contributed by atoms with E-state index in [9.17, 15) is 10.4 Å². The molecule has 1 aliphatic rings. The topological polar surface area (TPSA) is 56.5 Å². The average molecular weight is 445 g/mol. The second-order valence-electron chi connectivity index (χ2n) is 7.67. The molecule has 1 heterocycles. The number of nitriles is 1. The van der Waals surface area contributed by atoms with Gasteiger partial charge in [-0.15, -0.1) is 0 Å². The second-order valence-corrected chi connectivity index (χ2v) is 8.49. The second kappa shape index (κ2) is 10.8. The van der Waals surface area contributed by atoms with E-state index in [0.717, 1.165) is 12.1 Å². The van der Waals surface area contributed by atoms with Crippen LogP contribution in [0.25, 0.3) is 11.6 Å². The van der Waals surface area contributed by atoms with Crippen molar-refractivity contribution < 1.29 is 9.84 Å². The smallest absolute Gasteiger partial charge is 0.119 e. The lowest BCUT2D eigenvalue weighted by molar-refractivity contribution is 0.0438. The lowest BCUT2D eigenvalue weighted by atomic mass is 10.0. The van der Waals surface area contributed by atoms with Crippen molar-refractivity contribution in [3.05, 3.63) is 63.6 Å². The van der Waals surface area contributed by atoms with Gasteiger partial charge < -0.3 is 9.84 Å². The van der Waals surface area contributed by atoms with Crippen LogP contribution in [0, 0.1) is 11.3 Å². The third-order valence-corrected chi connectivity index (χ3v) is 6.11. The van der Waals surface area contributed by atoms with E-state index in [0.29, 0.717) is 39.5 Å². The third kappa shape index (κ3) is 6.23. The summed E-state index contributed by atoms with van der Waals surface area (Å²) < 4.78 is 5.75. The number of aliphatic hydroxyl groups is 1. The molecule has 2 atom stereocenters. The molecule has 0 saturated carbocycles. The molecule has 2 unspecified atom stereocenters. The summed E-state index contributed by atoms with van der Waals surface area (Å²) in [6.07, 6.45) is 4.92. The number of β-amino-alcohol motifs (C(OH)–C–C–N with tert-alkyl or cyclic N) is 1. The summed E-state index contributed by atoms with van der Waals surface area (Å²) in [6, 6.07) is 15.3. The van der Waals surface area contributed by atoms with Crippen LogP contribution in [-0.4, -0.2) is 41.8 Å². The Labute approximate surface area is 188 Å². The van der Waals surface area contributed by atoms with Crippen LogP contribution in [-0.2, 0) is 0 Å². The van der Waals surface area contributed by atoms with Crippen LogP contribution in [0.2, 0.25) is 10.0 Å². The van der Waals surface area contributed by atoms with Gasteiger partial charge in [0.2, 0.25) is 0 Å². The number of benzene rings is 2. The SMILES string of the molecule is CC1CCCCN1CC(O)COc1ccc(/C=C(\C#N)c2ccc(Cl)c(Cl)c2)cc1. The van der Waals surface area contributed by atoms with Crippen LogP contribution in [0.5, 0.6) is 5.75 Å². The van der Waals surface area contributed by atoms with E-state index in [1.165, 1.54) is 19.3 Å². The van der Waals surface area contributed by atoms with Crippen molar-refractivity contribution in [1.82, 2.24) is 4.90 Å². The number of halogens is 2. The molecule has 0 spiro atoms. The normalized spacial score (nSPS) is 18.6. The number of nitrogens with zero attached hydrogens (tertiary/aromatic N) is 2. The fourth-order valence-electron chi connectivity index (χ4n) is 3.62. The molecule has 0 aromatic heterocycles. The van der Waals surface area contributed by atoms with E-state index in [2.05, 4.69) is 17.9 Å². The molecule has 2 aromatic carbocycles. The highest BCUT2D eigenvalue weighted by Crippen LogP contribution is 2.27. The number of hydrogen-bond acceptors (Lipinski definition) is 4. The molecule has 1 aliphatic heterocycles. The minimum atomic E-state index is -0.523. The van der Waals surface area contributed by atoms with Crippen LogP contribution in [0.15, 0.2) is 42.5 Å². The number of aliphatic hydroxyl groups excluding tert-OH is 1. The Hall–Kier alpha value is -2.03. The first kappa shape index (κ1) is 22.7. The molecule has 1 saturated heterocycles. The number of likely N-dealkylation sites (tertiary alicyclic amines) is 1. The summed E-state index contributed by atoms with van der Waals surface area (Å²) in [6.45, 7) is 4.15. The molecular weight excluding hydrogens is 419 g/mol. The van der Waals surface area contributed by atoms with Crippen molar-refractivity contribution >= 4 is 34.9 Å². The minimum absolute atomic E-state index is 0.255. The lowest BCUT2D eigenvalue weighted by Gasteiger charge is -2.34. The number of ether oxygens (including phenoxy) is 1. The van der Waals surface area contributed by atoms with Crippen LogP contribution in [0.3, 0.4) is 0 Å². The third-order valence-electron chi connectivity index (χ3n) is 5.37. The molecule has 30 heavy (non-hydrogen) atoms. The molecule has 1 N–H and O–H groups in total. The molecule has 0 bridgehead atoms. The van der Waals surface area contributed by atoms with E-state index in [1.807, 2.05) is 24.3 Å². The zero-order valence-electron chi connectivity index (χ0n) is 17.0. The minimum Gasteiger partial charge on any atom is -0.491 e. The summed E-state index contributed by atoms with van der Waals surface area (Å²) in [7, 11) is 0. The van der Waals surface area contributed by atoms with E-state index < -0.39 is 6.10 Å². The van der Waals surface area contributed by atoms with Gasteiger partial charge in [-0.2, -0.15) is 5.26 Å². The Morgan fingerprint density at radius 3 is 2.67 bits per heavy atom. The summed E-state index contributed by atoms with van der Waals surface area (Å²) in [5, 5.41) is 20.7. The fraction of sp³-hybridized carbons (Fsp3) is 0.375. The summed E-state index contributed by atoms with van der Waals surface area (Å²) >= 11 is 12.0. The van der Waals surface area contributed by atoms with Crippen molar-refractivity contribution in [2.24, 2.45) is 0 Å². The van der Waals surface area contributed by atoms with Crippen molar-refractivity contribution in [2.75, 3.05) is 19.7 Å². The zero-order valence-corrected chi connectivity index (χ0v) is 18.5. The van der Waals surface area contributed by atoms with Gasteiger partial charge in [-0.25, -0.2) is 0 Å². The van der Waals surface area contributed by atoms with Crippen molar-refractivity contribution in [2.45, 2.75) is 38.3 Å². The fourth-order valence-corrected chi connectivity index (χ4v) is 3.91. The van der Waals surface area contributed by atoms with Gasteiger partial charge in [-0.1, -0.05) is 47.8 Å². The maximum atomic E-state index is 10.3. The summed E-state index contributed by atoms with van der Waals surface area (Å²) in [5.74, 6) is 0.686. The quantitative estimate of drug-likeness (QED) is 0.441. The first-order valence-corrected chi connectivity index (χ1v) is 10.9. The first-order valence-electron chi connectivity index (χ1n) is 10.2. The summed E-state index contributed by atoms with van der Waals surface area (Å²) in [5.41, 5.74) is 2.07. The number of allylic oxidation sites excluding steroid dienone is 1. The number of hydrogen-bond donors (Lipinski definition) is 1. The predicted octanol–water partition coefficient (Wildman–Crippen LogP) is 5.67. The molecule has 3 rings (SSSR count). The highest BCUT2D eigenvalue weighted by Gasteiger charge is 2.21. The van der Waals surface area contributed by atoms with Gasteiger partial charge in [0.25, 0.3) is 0 Å². The van der Waals surface area contributed by atoms with Gasteiger partial charge in [0.05, 0.1) is 21.7 Å². The van der Waals surface area contributed by atoms with E-state index in [4.69, 9.17) is 27.9 Å². The Morgan fingerprint density at radius 1 is 1.23 bits per heavy atom. The summed E-state index contributed by atoms with van der Waals surface area (Å²) in [4.78, 5) is 2.33. The molecule has 0 aliphatic carbocycles. The van der Waals surface area contributed by atoms with Crippen molar-refractivity contribution in [3.8, 4) is 11.8 Å². The van der Waals surface area contributed by atoms with Gasteiger partial charge in [-0.05, 0) is 67.8 Å². The van der Waals surface area contributed by atoms with Crippen molar-refractivity contribution in [3.63, 3.8) is 0 Å². The van der Waals surface area contributed by atoms with Gasteiger partial charge in [-0.3, -0.25) is 4.90 Å². The molecule has 2 aromatic rings. The standard InChI is InChI=1S/C24H26Cl2N2O2/c1-17-4-2-3-11-28(17)15-21(29)16-30-22-8-5-18(6-9-22)12-20(14-27)19-7-10-23(25)24(26)13-19/h5-10,12-13,17,21,29H,2-4,11,15-16H2,1H3/b20-12+. The first-order chi connectivity index (χ1) is 14.5. The number of rotatable bonds is 7. The van der Waals surface area contributed by atoms with Gasteiger partial charge >= 0.3 is 0 Å². The van der Waals surface area contributed by atoms with Gasteiger partial charge in [0.15, 0.2) is 0 Å².